The van der Waals surface area contributed by atoms with Crippen molar-refractivity contribution in [3.63, 3.8) is 0 Å². The molecule has 0 saturated heterocycles. The van der Waals surface area contributed by atoms with Crippen molar-refractivity contribution >= 4 is 86.2 Å². The Morgan fingerprint density at radius 3 is 1.55 bits per heavy atom. The van der Waals surface area contributed by atoms with Crippen molar-refractivity contribution in [2.45, 2.75) is 20.8 Å². The molecular formula is C55H36. The summed E-state index contributed by atoms with van der Waals surface area (Å²) in [6.07, 6.45) is 0. The van der Waals surface area contributed by atoms with E-state index < -0.39 is 0 Å². The van der Waals surface area contributed by atoms with Gasteiger partial charge in [0.25, 0.3) is 0 Å². The van der Waals surface area contributed by atoms with Crippen LogP contribution < -0.4 is 0 Å². The summed E-state index contributed by atoms with van der Waals surface area (Å²) >= 11 is 0. The maximum atomic E-state index is 2.55. The van der Waals surface area contributed by atoms with E-state index in [0.29, 0.717) is 0 Å². The molecule has 0 radical (unpaired) electrons. The number of hydrogen-bond donors (Lipinski definition) is 0. The molecule has 0 N–H and O–H groups in total. The fourth-order valence-corrected chi connectivity index (χ4v) is 10.6. The highest BCUT2D eigenvalue weighted by Crippen LogP contribution is 2.55. The van der Waals surface area contributed by atoms with Gasteiger partial charge in [0, 0.05) is 0 Å². The van der Waals surface area contributed by atoms with Crippen molar-refractivity contribution in [1.82, 2.24) is 0 Å². The summed E-state index contributed by atoms with van der Waals surface area (Å²) in [5.41, 5.74) is 11.7. The topological polar surface area (TPSA) is 0 Å². The van der Waals surface area contributed by atoms with Gasteiger partial charge in [-0.15, -0.1) is 0 Å². The molecule has 0 nitrogen and oxygen atoms in total. The Morgan fingerprint density at radius 2 is 0.818 bits per heavy atom. The Kier molecular flexibility index (Phi) is 6.21. The van der Waals surface area contributed by atoms with Crippen molar-refractivity contribution in [2.24, 2.45) is 0 Å². The Morgan fingerprint density at radius 1 is 0.255 bits per heavy atom. The first-order chi connectivity index (χ1) is 27.0. The number of aryl methyl sites for hydroxylation is 3. The smallest absolute Gasteiger partial charge is 0.000697 e. The molecule has 12 aromatic carbocycles. The van der Waals surface area contributed by atoms with E-state index in [1.54, 1.807) is 0 Å². The van der Waals surface area contributed by atoms with E-state index in [0.717, 1.165) is 0 Å². The first kappa shape index (κ1) is 30.7. The summed E-state index contributed by atoms with van der Waals surface area (Å²) in [5.74, 6) is 0. The molecule has 256 valence electrons. The maximum Gasteiger partial charge on any atom is -0.000697 e. The second-order valence-corrected chi connectivity index (χ2v) is 15.7. The van der Waals surface area contributed by atoms with Crippen LogP contribution in [0.25, 0.3) is 120 Å². The third-order valence-corrected chi connectivity index (χ3v) is 12.5. The van der Waals surface area contributed by atoms with Crippen LogP contribution in [-0.4, -0.2) is 0 Å². The monoisotopic (exact) mass is 696 g/mol. The lowest BCUT2D eigenvalue weighted by molar-refractivity contribution is 1.32. The number of fused-ring (bicyclic) bond motifs is 10. The summed E-state index contributed by atoms with van der Waals surface area (Å²) < 4.78 is 0. The van der Waals surface area contributed by atoms with Gasteiger partial charge in [-0.2, -0.15) is 0 Å². The highest BCUT2D eigenvalue weighted by Gasteiger charge is 2.27. The van der Waals surface area contributed by atoms with Gasteiger partial charge in [-0.25, -0.2) is 0 Å². The molecule has 0 aliphatic carbocycles. The second kappa shape index (κ2) is 11.1. The molecule has 0 heterocycles. The predicted octanol–water partition coefficient (Wildman–Crippen LogP) is 15.7. The largest absolute Gasteiger partial charge is 0.0622 e. The summed E-state index contributed by atoms with van der Waals surface area (Å²) in [6, 6.07) is 62.0. The Bertz CT molecular complexity index is 3510. The van der Waals surface area contributed by atoms with Crippen molar-refractivity contribution in [3.05, 3.63) is 180 Å². The zero-order valence-corrected chi connectivity index (χ0v) is 31.1. The first-order valence-corrected chi connectivity index (χ1v) is 19.4. The SMILES string of the molecule is Cc1cc(C)c(-c2ccc3c(c2)c2cccc4c5c(-c6ccccc6)c6c7cc8ccccc8c8cccc(c6c(-c6ccccc6)c5cc3c24)c87)c(C)c1. The molecule has 0 atom stereocenters. The molecular weight excluding hydrogens is 661 g/mol. The lowest BCUT2D eigenvalue weighted by atomic mass is 9.84. The number of rotatable bonds is 3. The van der Waals surface area contributed by atoms with Gasteiger partial charge >= 0.3 is 0 Å². The molecule has 12 rings (SSSR count). The van der Waals surface area contributed by atoms with Gasteiger partial charge in [-0.05, 0) is 170 Å². The van der Waals surface area contributed by atoms with Crippen LogP contribution in [0.1, 0.15) is 16.7 Å². The van der Waals surface area contributed by atoms with Crippen molar-refractivity contribution < 1.29 is 0 Å². The Hall–Kier alpha value is -6.76. The molecule has 0 fully saturated rings. The van der Waals surface area contributed by atoms with Crippen LogP contribution in [0.5, 0.6) is 0 Å². The van der Waals surface area contributed by atoms with Crippen molar-refractivity contribution in [3.8, 4) is 33.4 Å². The van der Waals surface area contributed by atoms with Crippen molar-refractivity contribution in [2.75, 3.05) is 0 Å². The van der Waals surface area contributed by atoms with Crippen LogP contribution in [0.15, 0.2) is 164 Å². The Balaban J connectivity index is 1.35. The minimum Gasteiger partial charge on any atom is -0.0622 e. The highest BCUT2D eigenvalue weighted by atomic mass is 14.3. The van der Waals surface area contributed by atoms with E-state index in [9.17, 15) is 0 Å². The molecule has 0 amide bonds. The van der Waals surface area contributed by atoms with E-state index in [2.05, 4.69) is 185 Å². The van der Waals surface area contributed by atoms with Gasteiger partial charge in [0.2, 0.25) is 0 Å². The first-order valence-electron chi connectivity index (χ1n) is 19.4. The number of hydrogen-bond acceptors (Lipinski definition) is 0. The van der Waals surface area contributed by atoms with Gasteiger partial charge < -0.3 is 0 Å². The van der Waals surface area contributed by atoms with Crippen LogP contribution in [0.2, 0.25) is 0 Å². The molecule has 0 heteroatoms. The molecule has 0 saturated carbocycles. The summed E-state index contributed by atoms with van der Waals surface area (Å²) in [4.78, 5) is 0. The Labute approximate surface area is 319 Å². The minimum absolute atomic E-state index is 1.25. The summed E-state index contributed by atoms with van der Waals surface area (Å²) in [7, 11) is 0. The normalized spacial score (nSPS) is 12.3. The molecule has 0 unspecified atom stereocenters. The molecule has 0 aliphatic heterocycles. The quantitative estimate of drug-likeness (QED) is 0.161. The molecule has 0 aromatic heterocycles. The standard InChI is InChI=1S/C55H36/c1-31-26-32(2)48(33(3)27-31)37-24-25-39-44(29-37)41-21-13-22-42-51(41)45(39)30-47-49(34-14-6-4-7-15-34)54-43-23-12-20-40-38-19-11-10-18-36(38)28-46(52(40)43)55(54)50(53(42)47)35-16-8-5-9-17-35/h4-30H,1-3H3. The zero-order chi connectivity index (χ0) is 36.5. The van der Waals surface area contributed by atoms with Gasteiger partial charge in [0.1, 0.15) is 0 Å². The van der Waals surface area contributed by atoms with E-state index in [4.69, 9.17) is 0 Å². The fourth-order valence-electron chi connectivity index (χ4n) is 10.6. The van der Waals surface area contributed by atoms with Crippen LogP contribution in [0, 0.1) is 20.8 Å². The van der Waals surface area contributed by atoms with Crippen LogP contribution >= 0.6 is 0 Å². The maximum absolute atomic E-state index is 2.55. The van der Waals surface area contributed by atoms with E-state index in [1.807, 2.05) is 0 Å². The van der Waals surface area contributed by atoms with Crippen molar-refractivity contribution in [1.29, 1.82) is 0 Å². The van der Waals surface area contributed by atoms with Crippen LogP contribution in [0.4, 0.5) is 0 Å². The average Bonchev–Trinajstić information content (AvgIpc) is 3.71. The average molecular weight is 697 g/mol. The van der Waals surface area contributed by atoms with E-state index >= 15 is 0 Å². The third-order valence-electron chi connectivity index (χ3n) is 12.5. The van der Waals surface area contributed by atoms with Crippen LogP contribution in [-0.2, 0) is 0 Å². The molecule has 0 spiro atoms. The van der Waals surface area contributed by atoms with E-state index in [1.165, 1.54) is 136 Å². The summed E-state index contributed by atoms with van der Waals surface area (Å²) in [5, 5.41) is 21.2. The minimum atomic E-state index is 1.25. The molecule has 0 aliphatic rings. The molecule has 55 heavy (non-hydrogen) atoms. The molecule has 0 bridgehead atoms. The molecule has 12 aromatic rings. The lowest BCUT2D eigenvalue weighted by Crippen LogP contribution is -1.91. The van der Waals surface area contributed by atoms with Gasteiger partial charge in [0.05, 0.1) is 0 Å². The predicted molar refractivity (Wildman–Crippen MR) is 239 cm³/mol. The summed E-state index contributed by atoms with van der Waals surface area (Å²) in [6.45, 7) is 6.70. The van der Waals surface area contributed by atoms with Gasteiger partial charge in [-0.1, -0.05) is 151 Å². The fraction of sp³-hybridized carbons (Fsp3) is 0.0545. The second-order valence-electron chi connectivity index (χ2n) is 15.7. The lowest BCUT2D eigenvalue weighted by Gasteiger charge is -2.19. The highest BCUT2D eigenvalue weighted by molar-refractivity contribution is 6.46. The third kappa shape index (κ3) is 4.12. The van der Waals surface area contributed by atoms with Gasteiger partial charge in [0.15, 0.2) is 0 Å². The zero-order valence-electron chi connectivity index (χ0n) is 31.1. The van der Waals surface area contributed by atoms with Gasteiger partial charge in [-0.3, -0.25) is 0 Å². The number of benzene rings is 10. The van der Waals surface area contributed by atoms with Crippen LogP contribution in [0.3, 0.4) is 0 Å². The van der Waals surface area contributed by atoms with E-state index in [-0.39, 0.29) is 0 Å².